The largest absolute Gasteiger partial charge is 0.514 e. The molecule has 1 unspecified atom stereocenters. The second-order valence-electron chi connectivity index (χ2n) is 3.81. The Hall–Kier alpha value is -1.77. The third-order valence-corrected chi connectivity index (χ3v) is 2.26. The monoisotopic (exact) mass is 234 g/mol. The Morgan fingerprint density at radius 3 is 2.76 bits per heavy atom. The molecular weight excluding hydrogens is 216 g/mol. The predicted molar refractivity (Wildman–Crippen MR) is 67.1 cm³/mol. The third kappa shape index (κ3) is 5.76. The molecule has 1 rings (SSSR count). The number of unbranched alkanes of at least 4 members (excludes halogenated alkanes) is 1. The molecule has 92 valence electrons. The van der Waals surface area contributed by atoms with E-state index in [9.17, 15) is 4.79 Å². The highest BCUT2D eigenvalue weighted by Gasteiger charge is 2.10. The van der Waals surface area contributed by atoms with Crippen molar-refractivity contribution in [2.75, 3.05) is 0 Å². The minimum absolute atomic E-state index is 0.133. The van der Waals surface area contributed by atoms with E-state index in [0.29, 0.717) is 5.75 Å². The van der Waals surface area contributed by atoms with Gasteiger partial charge in [0.05, 0.1) is 0 Å². The van der Waals surface area contributed by atoms with E-state index in [4.69, 9.17) is 9.47 Å². The molecule has 0 aliphatic carbocycles. The van der Waals surface area contributed by atoms with Crippen LogP contribution in [0.5, 0.6) is 5.75 Å². The van der Waals surface area contributed by atoms with Crippen LogP contribution in [0, 0.1) is 0 Å². The number of hydrogen-bond acceptors (Lipinski definition) is 3. The molecule has 1 aromatic rings. The normalized spacial score (nSPS) is 11.6. The number of hydrogen-bond donors (Lipinski definition) is 0. The molecule has 17 heavy (non-hydrogen) atoms. The second-order valence-corrected chi connectivity index (χ2v) is 3.81. The van der Waals surface area contributed by atoms with Gasteiger partial charge in [0.15, 0.2) is 0 Å². The Kier molecular flexibility index (Phi) is 5.86. The minimum atomic E-state index is -0.651. The Balaban J connectivity index is 2.27. The van der Waals surface area contributed by atoms with Crippen LogP contribution in [0.1, 0.15) is 26.2 Å². The van der Waals surface area contributed by atoms with Gasteiger partial charge >= 0.3 is 6.16 Å². The van der Waals surface area contributed by atoms with Crippen molar-refractivity contribution in [2.45, 2.75) is 32.3 Å². The highest BCUT2D eigenvalue weighted by molar-refractivity contribution is 5.63. The van der Waals surface area contributed by atoms with Gasteiger partial charge in [0.1, 0.15) is 11.9 Å². The highest BCUT2D eigenvalue weighted by atomic mass is 16.7. The van der Waals surface area contributed by atoms with Gasteiger partial charge in [-0.05, 0) is 38.3 Å². The van der Waals surface area contributed by atoms with Crippen LogP contribution in [0.15, 0.2) is 43.0 Å². The summed E-state index contributed by atoms with van der Waals surface area (Å²) in [6.45, 7) is 5.50. The van der Waals surface area contributed by atoms with Crippen molar-refractivity contribution in [2.24, 2.45) is 0 Å². The summed E-state index contributed by atoms with van der Waals surface area (Å²) in [5.74, 6) is 0.496. The zero-order valence-corrected chi connectivity index (χ0v) is 10.1. The fourth-order valence-corrected chi connectivity index (χ4v) is 1.38. The Morgan fingerprint density at radius 1 is 1.41 bits per heavy atom. The Labute approximate surface area is 102 Å². The fraction of sp³-hybridized carbons (Fsp3) is 0.357. The third-order valence-electron chi connectivity index (χ3n) is 2.26. The average molecular weight is 234 g/mol. The van der Waals surface area contributed by atoms with Gasteiger partial charge in [-0.1, -0.05) is 24.3 Å². The van der Waals surface area contributed by atoms with Crippen molar-refractivity contribution < 1.29 is 14.3 Å². The van der Waals surface area contributed by atoms with Crippen LogP contribution in [0.2, 0.25) is 0 Å². The molecular formula is C14H18O3. The zero-order chi connectivity index (χ0) is 12.5. The maximum absolute atomic E-state index is 11.4. The van der Waals surface area contributed by atoms with Crippen LogP contribution >= 0.6 is 0 Å². The molecule has 3 heteroatoms. The number of ether oxygens (including phenoxy) is 2. The first-order valence-electron chi connectivity index (χ1n) is 5.76. The number of rotatable bonds is 6. The Morgan fingerprint density at radius 2 is 2.12 bits per heavy atom. The van der Waals surface area contributed by atoms with Crippen molar-refractivity contribution in [3.8, 4) is 5.75 Å². The molecule has 1 aromatic carbocycles. The van der Waals surface area contributed by atoms with E-state index in [1.165, 1.54) is 0 Å². The van der Waals surface area contributed by atoms with Crippen LogP contribution in [-0.4, -0.2) is 12.3 Å². The summed E-state index contributed by atoms with van der Waals surface area (Å²) in [7, 11) is 0. The molecule has 0 radical (unpaired) electrons. The van der Waals surface area contributed by atoms with Crippen molar-refractivity contribution in [1.29, 1.82) is 0 Å². The van der Waals surface area contributed by atoms with Crippen LogP contribution in [0.4, 0.5) is 4.79 Å². The van der Waals surface area contributed by atoms with Crippen LogP contribution < -0.4 is 4.74 Å². The number of allylic oxidation sites excluding steroid dienone is 1. The summed E-state index contributed by atoms with van der Waals surface area (Å²) in [6, 6.07) is 8.88. The van der Waals surface area contributed by atoms with Gasteiger partial charge in [-0.3, -0.25) is 0 Å². The summed E-state index contributed by atoms with van der Waals surface area (Å²) in [5.41, 5.74) is 0. The van der Waals surface area contributed by atoms with Crippen LogP contribution in [-0.2, 0) is 4.74 Å². The first-order chi connectivity index (χ1) is 8.22. The summed E-state index contributed by atoms with van der Waals surface area (Å²) >= 11 is 0. The SMILES string of the molecule is C=CCCCC(C)OC(=O)Oc1ccccc1. The maximum Gasteiger partial charge on any atom is 0.514 e. The highest BCUT2D eigenvalue weighted by Crippen LogP contribution is 2.11. The number of benzene rings is 1. The lowest BCUT2D eigenvalue weighted by Crippen LogP contribution is -2.18. The van der Waals surface area contributed by atoms with Gasteiger partial charge in [0.25, 0.3) is 0 Å². The van der Waals surface area contributed by atoms with E-state index in [-0.39, 0.29) is 6.10 Å². The molecule has 0 aliphatic rings. The molecule has 1 atom stereocenters. The van der Waals surface area contributed by atoms with E-state index < -0.39 is 6.16 Å². The summed E-state index contributed by atoms with van der Waals surface area (Å²) in [5, 5.41) is 0. The lowest BCUT2D eigenvalue weighted by atomic mass is 10.2. The van der Waals surface area contributed by atoms with Crippen molar-refractivity contribution in [1.82, 2.24) is 0 Å². The quantitative estimate of drug-likeness (QED) is 0.323. The molecule has 0 aliphatic heterocycles. The topological polar surface area (TPSA) is 35.5 Å². The van der Waals surface area contributed by atoms with Gasteiger partial charge in [0, 0.05) is 0 Å². The molecule has 0 amide bonds. The zero-order valence-electron chi connectivity index (χ0n) is 10.1. The van der Waals surface area contributed by atoms with Crippen LogP contribution in [0.3, 0.4) is 0 Å². The van der Waals surface area contributed by atoms with Gasteiger partial charge in [-0.25, -0.2) is 4.79 Å². The van der Waals surface area contributed by atoms with Crippen molar-refractivity contribution in [3.63, 3.8) is 0 Å². The molecule has 0 saturated carbocycles. The van der Waals surface area contributed by atoms with E-state index in [2.05, 4.69) is 6.58 Å². The minimum Gasteiger partial charge on any atom is -0.431 e. The molecule has 0 saturated heterocycles. The molecule has 0 fully saturated rings. The van der Waals surface area contributed by atoms with Crippen LogP contribution in [0.25, 0.3) is 0 Å². The molecule has 0 heterocycles. The lowest BCUT2D eigenvalue weighted by Gasteiger charge is -2.12. The number of para-hydroxylation sites is 1. The predicted octanol–water partition coefficient (Wildman–Crippen LogP) is 3.95. The first kappa shape index (κ1) is 13.3. The second kappa shape index (κ2) is 7.49. The van der Waals surface area contributed by atoms with Crippen molar-refractivity contribution in [3.05, 3.63) is 43.0 Å². The first-order valence-corrected chi connectivity index (χ1v) is 5.76. The molecule has 0 N–H and O–H groups in total. The summed E-state index contributed by atoms with van der Waals surface area (Å²) in [6.07, 6.45) is 3.78. The smallest absolute Gasteiger partial charge is 0.431 e. The lowest BCUT2D eigenvalue weighted by molar-refractivity contribution is 0.0617. The number of carbonyl (C=O) groups is 1. The summed E-state index contributed by atoms with van der Waals surface area (Å²) < 4.78 is 10.1. The van der Waals surface area contributed by atoms with Gasteiger partial charge in [-0.2, -0.15) is 0 Å². The molecule has 0 aromatic heterocycles. The van der Waals surface area contributed by atoms with Gasteiger partial charge < -0.3 is 9.47 Å². The van der Waals surface area contributed by atoms with Gasteiger partial charge in [0.2, 0.25) is 0 Å². The average Bonchev–Trinajstić information content (AvgIpc) is 2.30. The maximum atomic E-state index is 11.4. The molecule has 3 nitrogen and oxygen atoms in total. The standard InChI is InChI=1S/C14H18O3/c1-3-4-6-9-12(2)16-14(15)17-13-10-7-5-8-11-13/h3,5,7-8,10-12H,1,4,6,9H2,2H3. The summed E-state index contributed by atoms with van der Waals surface area (Å²) in [4.78, 5) is 11.4. The number of carbonyl (C=O) groups excluding carboxylic acids is 1. The van der Waals surface area contributed by atoms with E-state index >= 15 is 0 Å². The van der Waals surface area contributed by atoms with E-state index in [1.807, 2.05) is 19.1 Å². The molecule has 0 bridgehead atoms. The fourth-order valence-electron chi connectivity index (χ4n) is 1.38. The Bertz CT molecular complexity index is 346. The molecule has 0 spiro atoms. The van der Waals surface area contributed by atoms with Gasteiger partial charge in [-0.15, -0.1) is 6.58 Å². The van der Waals surface area contributed by atoms with Crippen molar-refractivity contribution >= 4 is 6.16 Å². The van der Waals surface area contributed by atoms with E-state index in [1.54, 1.807) is 24.3 Å². The van der Waals surface area contributed by atoms with E-state index in [0.717, 1.165) is 19.3 Å².